The number of hydrogen-bond acceptors (Lipinski definition) is 5. The third kappa shape index (κ3) is 2.64. The average molecular weight is 296 g/mol. The fourth-order valence-electron chi connectivity index (χ4n) is 2.22. The van der Waals surface area contributed by atoms with Crippen molar-refractivity contribution in [1.82, 2.24) is 10.3 Å². The number of thiazole rings is 1. The average Bonchev–Trinajstić information content (AvgIpc) is 3.04. The molecule has 0 amide bonds. The second kappa shape index (κ2) is 5.74. The summed E-state index contributed by atoms with van der Waals surface area (Å²) < 4.78 is 0. The second-order valence-corrected chi connectivity index (χ2v) is 7.62. The topological polar surface area (TPSA) is 24.9 Å². The standard InChI is InChI=1S/C13H16N2S3/c1-14-10(7-13-15-3-5-17-13)12-6-9-8-16-4-2-11(9)18-12/h3,5-6,10,14H,2,4,7-8H2,1H3. The lowest BCUT2D eigenvalue weighted by Gasteiger charge is -2.12. The SMILES string of the molecule is CNC(Cc1nccs1)c1cc2c(s1)CCSC2. The van der Waals surface area contributed by atoms with Gasteiger partial charge in [-0.2, -0.15) is 11.8 Å². The van der Waals surface area contributed by atoms with Crippen LogP contribution in [0.1, 0.15) is 26.4 Å². The number of aryl methyl sites for hydroxylation is 1. The van der Waals surface area contributed by atoms with Crippen LogP contribution in [0, 0.1) is 0 Å². The number of thioether (sulfide) groups is 1. The molecule has 18 heavy (non-hydrogen) atoms. The molecule has 1 aliphatic heterocycles. The van der Waals surface area contributed by atoms with Crippen molar-refractivity contribution in [3.8, 4) is 0 Å². The molecule has 96 valence electrons. The summed E-state index contributed by atoms with van der Waals surface area (Å²) in [4.78, 5) is 7.46. The summed E-state index contributed by atoms with van der Waals surface area (Å²) in [7, 11) is 2.05. The highest BCUT2D eigenvalue weighted by molar-refractivity contribution is 7.98. The van der Waals surface area contributed by atoms with Gasteiger partial charge in [-0.15, -0.1) is 22.7 Å². The number of aromatic nitrogens is 1. The zero-order chi connectivity index (χ0) is 12.4. The van der Waals surface area contributed by atoms with Gasteiger partial charge in [-0.25, -0.2) is 4.98 Å². The smallest absolute Gasteiger partial charge is 0.0944 e. The third-order valence-electron chi connectivity index (χ3n) is 3.20. The Kier molecular flexibility index (Phi) is 4.03. The van der Waals surface area contributed by atoms with Crippen LogP contribution in [0.5, 0.6) is 0 Å². The van der Waals surface area contributed by atoms with E-state index >= 15 is 0 Å². The molecule has 0 fully saturated rings. The van der Waals surface area contributed by atoms with Crippen molar-refractivity contribution < 1.29 is 0 Å². The molecule has 0 aliphatic carbocycles. The fraction of sp³-hybridized carbons (Fsp3) is 0.462. The molecule has 3 rings (SSSR count). The van der Waals surface area contributed by atoms with E-state index in [4.69, 9.17) is 0 Å². The molecule has 0 spiro atoms. The van der Waals surface area contributed by atoms with Crippen molar-refractivity contribution in [3.05, 3.63) is 38.0 Å². The van der Waals surface area contributed by atoms with Gasteiger partial charge < -0.3 is 5.32 Å². The first kappa shape index (κ1) is 12.7. The zero-order valence-corrected chi connectivity index (χ0v) is 12.8. The monoisotopic (exact) mass is 296 g/mol. The van der Waals surface area contributed by atoms with E-state index in [1.807, 2.05) is 24.6 Å². The molecule has 1 unspecified atom stereocenters. The van der Waals surface area contributed by atoms with Crippen LogP contribution in [0.4, 0.5) is 0 Å². The Morgan fingerprint density at radius 2 is 2.44 bits per heavy atom. The Balaban J connectivity index is 1.80. The molecule has 2 nitrogen and oxygen atoms in total. The van der Waals surface area contributed by atoms with Gasteiger partial charge in [-0.05, 0) is 30.9 Å². The van der Waals surface area contributed by atoms with Crippen molar-refractivity contribution >= 4 is 34.4 Å². The van der Waals surface area contributed by atoms with Gasteiger partial charge in [0.2, 0.25) is 0 Å². The van der Waals surface area contributed by atoms with Crippen molar-refractivity contribution in [2.75, 3.05) is 12.8 Å². The Bertz CT molecular complexity index is 481. The minimum Gasteiger partial charge on any atom is -0.312 e. The molecule has 2 aromatic rings. The van der Waals surface area contributed by atoms with Gasteiger partial charge in [0, 0.05) is 39.5 Å². The van der Waals surface area contributed by atoms with E-state index in [0.717, 1.165) is 6.42 Å². The lowest BCUT2D eigenvalue weighted by molar-refractivity contribution is 0.600. The van der Waals surface area contributed by atoms with E-state index < -0.39 is 0 Å². The minimum atomic E-state index is 0.414. The molecule has 0 saturated carbocycles. The highest BCUT2D eigenvalue weighted by atomic mass is 32.2. The van der Waals surface area contributed by atoms with E-state index in [1.165, 1.54) is 27.8 Å². The molecule has 0 aromatic carbocycles. The third-order valence-corrected chi connectivity index (χ3v) is 6.36. The molecule has 0 saturated heterocycles. The fourth-order valence-corrected chi connectivity index (χ4v) is 5.36. The van der Waals surface area contributed by atoms with E-state index in [1.54, 1.807) is 21.8 Å². The highest BCUT2D eigenvalue weighted by Crippen LogP contribution is 2.35. The van der Waals surface area contributed by atoms with Crippen LogP contribution in [-0.4, -0.2) is 17.8 Å². The summed E-state index contributed by atoms with van der Waals surface area (Å²) in [5, 5.41) is 6.71. The highest BCUT2D eigenvalue weighted by Gasteiger charge is 2.19. The Morgan fingerprint density at radius 1 is 1.50 bits per heavy atom. The van der Waals surface area contributed by atoms with Crippen molar-refractivity contribution in [2.24, 2.45) is 0 Å². The Morgan fingerprint density at radius 3 is 3.17 bits per heavy atom. The Hall–Kier alpha value is -0.360. The van der Waals surface area contributed by atoms with Gasteiger partial charge in [-0.3, -0.25) is 0 Å². The maximum Gasteiger partial charge on any atom is 0.0944 e. The van der Waals surface area contributed by atoms with Gasteiger partial charge in [-0.1, -0.05) is 0 Å². The molecule has 0 bridgehead atoms. The number of thiophene rings is 1. The molecule has 1 atom stereocenters. The summed E-state index contributed by atoms with van der Waals surface area (Å²) in [6, 6.07) is 2.82. The van der Waals surface area contributed by atoms with Gasteiger partial charge in [0.15, 0.2) is 0 Å². The minimum absolute atomic E-state index is 0.414. The summed E-state index contributed by atoms with van der Waals surface area (Å²) in [6.07, 6.45) is 4.14. The van der Waals surface area contributed by atoms with E-state index in [-0.39, 0.29) is 0 Å². The first-order valence-corrected chi connectivity index (χ1v) is 8.97. The van der Waals surface area contributed by atoms with E-state index in [9.17, 15) is 0 Å². The van der Waals surface area contributed by atoms with Crippen molar-refractivity contribution in [2.45, 2.75) is 24.6 Å². The van der Waals surface area contributed by atoms with E-state index in [2.05, 4.69) is 33.5 Å². The molecular weight excluding hydrogens is 280 g/mol. The summed E-state index contributed by atoms with van der Waals surface area (Å²) in [6.45, 7) is 0. The first-order chi connectivity index (χ1) is 8.86. The van der Waals surface area contributed by atoms with Crippen molar-refractivity contribution in [1.29, 1.82) is 0 Å². The predicted octanol–water partition coefficient (Wildman–Crippen LogP) is 3.50. The molecule has 5 heteroatoms. The molecular formula is C13H16N2S3. The maximum absolute atomic E-state index is 4.39. The normalized spacial score (nSPS) is 16.5. The van der Waals surface area contributed by atoms with E-state index in [0.29, 0.717) is 6.04 Å². The predicted molar refractivity (Wildman–Crippen MR) is 81.8 cm³/mol. The summed E-state index contributed by atoms with van der Waals surface area (Å²) in [5.41, 5.74) is 1.56. The van der Waals surface area contributed by atoms with Crippen LogP contribution in [0.3, 0.4) is 0 Å². The van der Waals surface area contributed by atoms with Crippen LogP contribution >= 0.6 is 34.4 Å². The van der Waals surface area contributed by atoms with Gasteiger partial charge in [0.25, 0.3) is 0 Å². The Labute approximate surface area is 120 Å². The lowest BCUT2D eigenvalue weighted by atomic mass is 10.1. The van der Waals surface area contributed by atoms with Gasteiger partial charge in [0.05, 0.1) is 5.01 Å². The number of fused-ring (bicyclic) bond motifs is 1. The number of hydrogen-bond donors (Lipinski definition) is 1. The number of likely N-dealkylation sites (N-methyl/N-ethyl adjacent to an activating group) is 1. The van der Waals surface area contributed by atoms with Gasteiger partial charge in [0.1, 0.15) is 0 Å². The molecule has 0 radical (unpaired) electrons. The second-order valence-electron chi connectivity index (χ2n) is 4.37. The largest absolute Gasteiger partial charge is 0.312 e. The summed E-state index contributed by atoms with van der Waals surface area (Å²) >= 11 is 5.79. The van der Waals surface area contributed by atoms with Gasteiger partial charge >= 0.3 is 0 Å². The molecule has 3 heterocycles. The molecule has 2 aromatic heterocycles. The number of nitrogens with zero attached hydrogens (tertiary/aromatic N) is 1. The number of rotatable bonds is 4. The maximum atomic E-state index is 4.39. The molecule has 1 aliphatic rings. The quantitative estimate of drug-likeness (QED) is 0.935. The van der Waals surface area contributed by atoms with Crippen LogP contribution in [0.15, 0.2) is 17.6 Å². The summed E-state index contributed by atoms with van der Waals surface area (Å²) in [5.74, 6) is 2.48. The molecule has 1 N–H and O–H groups in total. The van der Waals surface area contributed by atoms with Crippen molar-refractivity contribution in [3.63, 3.8) is 0 Å². The zero-order valence-electron chi connectivity index (χ0n) is 10.3. The number of nitrogens with one attached hydrogen (secondary N) is 1. The lowest BCUT2D eigenvalue weighted by Crippen LogP contribution is -2.17. The van der Waals surface area contributed by atoms with Crippen LogP contribution in [-0.2, 0) is 18.6 Å². The first-order valence-electron chi connectivity index (χ1n) is 6.11. The van der Waals surface area contributed by atoms with Crippen LogP contribution in [0.25, 0.3) is 0 Å². The van der Waals surface area contributed by atoms with Crippen LogP contribution in [0.2, 0.25) is 0 Å². The van der Waals surface area contributed by atoms with Crippen LogP contribution < -0.4 is 5.32 Å².